The van der Waals surface area contributed by atoms with Crippen molar-refractivity contribution in [2.75, 3.05) is 13.2 Å². The van der Waals surface area contributed by atoms with Crippen molar-refractivity contribution in [1.29, 1.82) is 0 Å². The Morgan fingerprint density at radius 3 is 2.85 bits per heavy atom. The van der Waals surface area contributed by atoms with Crippen molar-refractivity contribution in [1.82, 2.24) is 4.72 Å². The lowest BCUT2D eigenvalue weighted by Gasteiger charge is -2.14. The lowest BCUT2D eigenvalue weighted by atomic mass is 10.1. The van der Waals surface area contributed by atoms with Gasteiger partial charge in [0.2, 0.25) is 10.0 Å². The van der Waals surface area contributed by atoms with Gasteiger partial charge in [0.15, 0.2) is 0 Å². The Morgan fingerprint density at radius 2 is 2.15 bits per heavy atom. The molecular weight excluding hydrogens is 278 g/mol. The first-order valence-electron chi connectivity index (χ1n) is 6.82. The molecule has 0 bridgehead atoms. The molecule has 6 heteroatoms. The Bertz CT molecular complexity index is 569. The average Bonchev–Trinajstić information content (AvgIpc) is 2.83. The highest BCUT2D eigenvalue weighted by atomic mass is 32.2. The quantitative estimate of drug-likeness (QED) is 0.830. The molecule has 5 nitrogen and oxygen atoms in total. The highest BCUT2D eigenvalue weighted by Crippen LogP contribution is 2.27. The summed E-state index contributed by atoms with van der Waals surface area (Å²) in [6, 6.07) is 4.85. The number of hydrogen-bond donors (Lipinski definition) is 2. The fourth-order valence-corrected chi connectivity index (χ4v) is 3.37. The Hall–Kier alpha value is -1.11. The van der Waals surface area contributed by atoms with Gasteiger partial charge in [-0.05, 0) is 36.1 Å². The van der Waals surface area contributed by atoms with Crippen LogP contribution >= 0.6 is 0 Å². The predicted molar refractivity (Wildman–Crippen MR) is 76.3 cm³/mol. The lowest BCUT2D eigenvalue weighted by molar-refractivity contribution is 0.152. The zero-order valence-electron chi connectivity index (χ0n) is 11.8. The van der Waals surface area contributed by atoms with Crippen molar-refractivity contribution in [3.8, 4) is 5.75 Å². The van der Waals surface area contributed by atoms with E-state index in [9.17, 15) is 13.5 Å². The van der Waals surface area contributed by atoms with Crippen molar-refractivity contribution >= 4 is 10.0 Å². The van der Waals surface area contributed by atoms with Gasteiger partial charge in [-0.3, -0.25) is 0 Å². The summed E-state index contributed by atoms with van der Waals surface area (Å²) >= 11 is 0. The molecule has 112 valence electrons. The van der Waals surface area contributed by atoms with Gasteiger partial charge in [-0.2, -0.15) is 0 Å². The number of sulfonamides is 1. The number of benzene rings is 1. The van der Waals surface area contributed by atoms with E-state index in [0.717, 1.165) is 17.7 Å². The number of rotatable bonds is 6. The smallest absolute Gasteiger partial charge is 0.240 e. The molecule has 0 aliphatic carbocycles. The standard InChI is InChI=1S/C14H21NO4S/c1-10(2)7-12(16)9-15-20(17,18)13-3-4-14-11(8-13)5-6-19-14/h3-4,8,10,12,15-16H,5-7,9H2,1-2H3. The van der Waals surface area contributed by atoms with Crippen LogP contribution in [0.1, 0.15) is 25.8 Å². The molecule has 1 aromatic rings. The zero-order chi connectivity index (χ0) is 14.8. The van der Waals surface area contributed by atoms with Crippen LogP contribution in [0.4, 0.5) is 0 Å². The molecule has 1 aliphatic rings. The van der Waals surface area contributed by atoms with Gasteiger partial charge in [0, 0.05) is 13.0 Å². The topological polar surface area (TPSA) is 75.6 Å². The van der Waals surface area contributed by atoms with Crippen LogP contribution in [-0.2, 0) is 16.4 Å². The molecule has 0 saturated carbocycles. The molecule has 2 rings (SSSR count). The van der Waals surface area contributed by atoms with E-state index in [2.05, 4.69) is 4.72 Å². The molecule has 1 heterocycles. The van der Waals surface area contributed by atoms with E-state index in [0.29, 0.717) is 18.9 Å². The zero-order valence-corrected chi connectivity index (χ0v) is 12.6. The van der Waals surface area contributed by atoms with Gasteiger partial charge in [0.25, 0.3) is 0 Å². The maximum absolute atomic E-state index is 12.2. The molecule has 0 radical (unpaired) electrons. The normalized spacial score (nSPS) is 16.0. The second kappa shape index (κ2) is 6.11. The van der Waals surface area contributed by atoms with E-state index in [1.807, 2.05) is 13.8 Å². The summed E-state index contributed by atoms with van der Waals surface area (Å²) in [5.74, 6) is 1.08. The number of aliphatic hydroxyl groups is 1. The maximum Gasteiger partial charge on any atom is 0.240 e. The second-order valence-corrected chi connectivity index (χ2v) is 7.27. The van der Waals surface area contributed by atoms with E-state index in [4.69, 9.17) is 4.74 Å². The second-order valence-electron chi connectivity index (χ2n) is 5.50. The summed E-state index contributed by atoms with van der Waals surface area (Å²) in [4.78, 5) is 0.221. The number of ether oxygens (including phenoxy) is 1. The maximum atomic E-state index is 12.2. The fourth-order valence-electron chi connectivity index (χ4n) is 2.25. The van der Waals surface area contributed by atoms with Crippen molar-refractivity contribution in [2.45, 2.75) is 37.7 Å². The Balaban J connectivity index is 2.03. The van der Waals surface area contributed by atoms with E-state index >= 15 is 0 Å². The average molecular weight is 299 g/mol. The van der Waals surface area contributed by atoms with Crippen molar-refractivity contribution in [2.24, 2.45) is 5.92 Å². The van der Waals surface area contributed by atoms with E-state index < -0.39 is 16.1 Å². The first kappa shape index (κ1) is 15.3. The summed E-state index contributed by atoms with van der Waals surface area (Å²) < 4.78 is 32.1. The first-order valence-corrected chi connectivity index (χ1v) is 8.30. The van der Waals surface area contributed by atoms with Crippen molar-refractivity contribution in [3.63, 3.8) is 0 Å². The highest BCUT2D eigenvalue weighted by molar-refractivity contribution is 7.89. The molecule has 0 amide bonds. The minimum Gasteiger partial charge on any atom is -0.493 e. The highest BCUT2D eigenvalue weighted by Gasteiger charge is 2.20. The van der Waals surface area contributed by atoms with Gasteiger partial charge < -0.3 is 9.84 Å². The Kier molecular flexibility index (Phi) is 4.67. The summed E-state index contributed by atoms with van der Waals surface area (Å²) in [7, 11) is -3.58. The van der Waals surface area contributed by atoms with Gasteiger partial charge in [-0.1, -0.05) is 13.8 Å². The first-order chi connectivity index (χ1) is 9.38. The van der Waals surface area contributed by atoms with Crippen LogP contribution in [0, 0.1) is 5.92 Å². The third-order valence-electron chi connectivity index (χ3n) is 3.22. The van der Waals surface area contributed by atoms with Crippen LogP contribution in [0.5, 0.6) is 5.75 Å². The number of aliphatic hydroxyl groups excluding tert-OH is 1. The van der Waals surface area contributed by atoms with E-state index in [1.165, 1.54) is 6.07 Å². The van der Waals surface area contributed by atoms with Gasteiger partial charge in [-0.15, -0.1) is 0 Å². The molecule has 0 aromatic heterocycles. The van der Waals surface area contributed by atoms with Crippen LogP contribution < -0.4 is 9.46 Å². The molecule has 1 aliphatic heterocycles. The van der Waals surface area contributed by atoms with Gasteiger partial charge in [-0.25, -0.2) is 13.1 Å². The SMILES string of the molecule is CC(C)CC(O)CNS(=O)(=O)c1ccc2c(c1)CCO2. The molecule has 20 heavy (non-hydrogen) atoms. The summed E-state index contributed by atoms with van der Waals surface area (Å²) in [6.07, 6.45) is 0.636. The van der Waals surface area contributed by atoms with Crippen LogP contribution in [-0.4, -0.2) is 32.8 Å². The molecule has 0 fully saturated rings. The van der Waals surface area contributed by atoms with Crippen molar-refractivity contribution in [3.05, 3.63) is 23.8 Å². The number of fused-ring (bicyclic) bond motifs is 1. The predicted octanol–water partition coefficient (Wildman–Crippen LogP) is 1.31. The van der Waals surface area contributed by atoms with Crippen LogP contribution in [0.15, 0.2) is 23.1 Å². The molecule has 1 atom stereocenters. The van der Waals surface area contributed by atoms with Gasteiger partial charge in [0.1, 0.15) is 5.75 Å². The molecule has 1 unspecified atom stereocenters. The third-order valence-corrected chi connectivity index (χ3v) is 4.64. The van der Waals surface area contributed by atoms with Gasteiger partial charge >= 0.3 is 0 Å². The summed E-state index contributed by atoms with van der Waals surface area (Å²) in [6.45, 7) is 4.60. The number of hydrogen-bond acceptors (Lipinski definition) is 4. The van der Waals surface area contributed by atoms with Crippen LogP contribution in [0.3, 0.4) is 0 Å². The lowest BCUT2D eigenvalue weighted by Crippen LogP contribution is -2.32. The van der Waals surface area contributed by atoms with E-state index in [-0.39, 0.29) is 11.4 Å². The fraction of sp³-hybridized carbons (Fsp3) is 0.571. The van der Waals surface area contributed by atoms with Crippen LogP contribution in [0.2, 0.25) is 0 Å². The van der Waals surface area contributed by atoms with Crippen molar-refractivity contribution < 1.29 is 18.3 Å². The molecule has 1 aromatic carbocycles. The summed E-state index contributed by atoms with van der Waals surface area (Å²) in [5.41, 5.74) is 0.913. The monoisotopic (exact) mass is 299 g/mol. The Labute approximate surface area is 120 Å². The third kappa shape index (κ3) is 3.71. The van der Waals surface area contributed by atoms with Crippen LogP contribution in [0.25, 0.3) is 0 Å². The Morgan fingerprint density at radius 1 is 1.40 bits per heavy atom. The molecule has 0 saturated heterocycles. The minimum atomic E-state index is -3.58. The minimum absolute atomic E-state index is 0.0358. The largest absolute Gasteiger partial charge is 0.493 e. The summed E-state index contributed by atoms with van der Waals surface area (Å²) in [5, 5.41) is 9.74. The molecular formula is C14H21NO4S. The molecule has 2 N–H and O–H groups in total. The van der Waals surface area contributed by atoms with Gasteiger partial charge in [0.05, 0.1) is 17.6 Å². The molecule has 0 spiro atoms. The number of nitrogens with one attached hydrogen (secondary N) is 1. The van der Waals surface area contributed by atoms with E-state index in [1.54, 1.807) is 12.1 Å².